The minimum Gasteiger partial charge on any atom is -0.351 e. The van der Waals surface area contributed by atoms with E-state index >= 15 is 0 Å². The summed E-state index contributed by atoms with van der Waals surface area (Å²) in [6.45, 7) is 1.59. The van der Waals surface area contributed by atoms with Crippen molar-refractivity contribution in [3.05, 3.63) is 50.3 Å². The van der Waals surface area contributed by atoms with Crippen LogP contribution in [0.1, 0.15) is 11.8 Å². The second-order valence-corrected chi connectivity index (χ2v) is 8.14. The second-order valence-electron chi connectivity index (χ2n) is 4.66. The first-order chi connectivity index (χ1) is 11.2. The molecule has 0 radical (unpaired) electrons. The Balaban J connectivity index is 2.21. The van der Waals surface area contributed by atoms with Gasteiger partial charge < -0.3 is 5.32 Å². The van der Waals surface area contributed by atoms with Crippen LogP contribution in [0.4, 0.5) is 11.4 Å². The molecule has 24 heavy (non-hydrogen) atoms. The number of sulfonamides is 1. The molecule has 0 bridgehead atoms. The van der Waals surface area contributed by atoms with E-state index in [4.69, 9.17) is 11.6 Å². The first kappa shape index (κ1) is 18.2. The van der Waals surface area contributed by atoms with Crippen LogP contribution < -0.4 is 10.0 Å². The first-order valence-electron chi connectivity index (χ1n) is 6.49. The van der Waals surface area contributed by atoms with Crippen molar-refractivity contribution in [3.8, 4) is 0 Å². The van der Waals surface area contributed by atoms with Gasteiger partial charge in [0.15, 0.2) is 0 Å². The molecule has 1 aromatic carbocycles. The lowest BCUT2D eigenvalue weighted by Crippen LogP contribution is -2.18. The van der Waals surface area contributed by atoms with Crippen LogP contribution in [0.25, 0.3) is 0 Å². The summed E-state index contributed by atoms with van der Waals surface area (Å²) >= 11 is 6.68. The van der Waals surface area contributed by atoms with Crippen LogP contribution in [0.2, 0.25) is 5.02 Å². The fourth-order valence-electron chi connectivity index (χ4n) is 1.73. The molecule has 0 aliphatic heterocycles. The number of thiophene rings is 1. The third-order valence-corrected chi connectivity index (χ3v) is 6.09. The Bertz CT molecular complexity index is 895. The quantitative estimate of drug-likeness (QED) is 0.581. The Kier molecular flexibility index (Phi) is 5.42. The van der Waals surface area contributed by atoms with Gasteiger partial charge in [0.2, 0.25) is 5.91 Å². The summed E-state index contributed by atoms with van der Waals surface area (Å²) < 4.78 is 27.0. The largest absolute Gasteiger partial charge is 0.351 e. The van der Waals surface area contributed by atoms with E-state index in [-0.39, 0.29) is 27.4 Å². The minimum absolute atomic E-state index is 0.0282. The smallest absolute Gasteiger partial charge is 0.289 e. The second kappa shape index (κ2) is 7.16. The van der Waals surface area contributed by atoms with E-state index in [1.165, 1.54) is 25.1 Å². The van der Waals surface area contributed by atoms with Gasteiger partial charge in [-0.15, -0.1) is 11.3 Å². The van der Waals surface area contributed by atoms with Crippen molar-refractivity contribution in [3.63, 3.8) is 0 Å². The topological polar surface area (TPSA) is 118 Å². The zero-order chi connectivity index (χ0) is 17.9. The monoisotopic (exact) mass is 389 g/mol. The molecule has 0 atom stereocenters. The van der Waals surface area contributed by atoms with Crippen LogP contribution in [0.3, 0.4) is 0 Å². The van der Waals surface area contributed by atoms with Crippen LogP contribution in [-0.2, 0) is 21.4 Å². The number of nitro groups is 1. The van der Waals surface area contributed by atoms with Gasteiger partial charge in [0.05, 0.1) is 17.2 Å². The normalized spacial score (nSPS) is 11.1. The van der Waals surface area contributed by atoms with E-state index in [9.17, 15) is 23.3 Å². The SMILES string of the molecule is CC(=O)NCc1ccc(S(=O)(=O)Nc2ccc(Cl)c([N+](=O)[O-])c2)s1. The maximum absolute atomic E-state index is 12.3. The fraction of sp³-hybridized carbons (Fsp3) is 0.154. The number of rotatable bonds is 6. The summed E-state index contributed by atoms with van der Waals surface area (Å²) in [6, 6.07) is 6.60. The molecule has 1 amide bonds. The average Bonchev–Trinajstić information content (AvgIpc) is 2.96. The van der Waals surface area contributed by atoms with E-state index in [0.717, 1.165) is 17.4 Å². The summed E-state index contributed by atoms with van der Waals surface area (Å²) in [5.41, 5.74) is -0.364. The first-order valence-corrected chi connectivity index (χ1v) is 9.17. The molecule has 2 rings (SSSR count). The Morgan fingerprint density at radius 2 is 2.04 bits per heavy atom. The predicted octanol–water partition coefficient (Wildman–Crippen LogP) is 2.75. The molecule has 0 saturated carbocycles. The number of carbonyl (C=O) groups is 1. The molecule has 2 aromatic rings. The molecule has 8 nitrogen and oxygen atoms in total. The van der Waals surface area contributed by atoms with E-state index in [0.29, 0.717) is 4.88 Å². The number of hydrogen-bond acceptors (Lipinski definition) is 6. The van der Waals surface area contributed by atoms with Gasteiger partial charge in [-0.25, -0.2) is 8.42 Å². The Labute approximate surface area is 146 Å². The Morgan fingerprint density at radius 1 is 1.33 bits per heavy atom. The van der Waals surface area contributed by atoms with Crippen molar-refractivity contribution in [2.75, 3.05) is 4.72 Å². The van der Waals surface area contributed by atoms with Gasteiger partial charge in [0.25, 0.3) is 15.7 Å². The van der Waals surface area contributed by atoms with Crippen molar-refractivity contribution < 1.29 is 18.1 Å². The molecule has 0 aliphatic carbocycles. The molecule has 0 spiro atoms. The van der Waals surface area contributed by atoms with Crippen molar-refractivity contribution in [2.45, 2.75) is 17.7 Å². The number of carbonyl (C=O) groups excluding carboxylic acids is 1. The van der Waals surface area contributed by atoms with Crippen molar-refractivity contribution in [1.29, 1.82) is 0 Å². The number of hydrogen-bond donors (Lipinski definition) is 2. The lowest BCUT2D eigenvalue weighted by molar-refractivity contribution is -0.384. The molecule has 0 fully saturated rings. The molecule has 128 valence electrons. The lowest BCUT2D eigenvalue weighted by Gasteiger charge is -2.06. The number of amides is 1. The molecular weight excluding hydrogens is 378 g/mol. The molecule has 0 aliphatic rings. The lowest BCUT2D eigenvalue weighted by atomic mass is 10.3. The molecule has 2 N–H and O–H groups in total. The van der Waals surface area contributed by atoms with Gasteiger partial charge in [-0.1, -0.05) is 11.6 Å². The van der Waals surface area contributed by atoms with E-state index in [1.54, 1.807) is 6.07 Å². The highest BCUT2D eigenvalue weighted by Gasteiger charge is 2.20. The summed E-state index contributed by atoms with van der Waals surface area (Å²) in [6.07, 6.45) is 0. The highest BCUT2D eigenvalue weighted by atomic mass is 35.5. The summed E-state index contributed by atoms with van der Waals surface area (Å²) in [7, 11) is -3.90. The number of nitro benzene ring substituents is 1. The number of halogens is 1. The van der Waals surface area contributed by atoms with Gasteiger partial charge in [0.1, 0.15) is 9.23 Å². The molecule has 0 saturated heterocycles. The van der Waals surface area contributed by atoms with E-state index in [1.807, 2.05) is 0 Å². The minimum atomic E-state index is -3.90. The molecule has 0 unspecified atom stereocenters. The number of anilines is 1. The molecular formula is C13H12ClN3O5S2. The van der Waals surface area contributed by atoms with Gasteiger partial charge in [-0.2, -0.15) is 0 Å². The highest BCUT2D eigenvalue weighted by molar-refractivity contribution is 7.94. The van der Waals surface area contributed by atoms with Crippen molar-refractivity contribution in [2.24, 2.45) is 0 Å². The predicted molar refractivity (Wildman–Crippen MR) is 90.8 cm³/mol. The maximum Gasteiger partial charge on any atom is 0.289 e. The van der Waals surface area contributed by atoms with E-state index < -0.39 is 20.6 Å². The van der Waals surface area contributed by atoms with Crippen molar-refractivity contribution in [1.82, 2.24) is 5.32 Å². The zero-order valence-electron chi connectivity index (χ0n) is 12.3. The van der Waals surface area contributed by atoms with Crippen LogP contribution in [-0.4, -0.2) is 19.2 Å². The van der Waals surface area contributed by atoms with E-state index in [2.05, 4.69) is 10.0 Å². The summed E-state index contributed by atoms with van der Waals surface area (Å²) in [5.74, 6) is -0.223. The van der Waals surface area contributed by atoms with Crippen molar-refractivity contribution >= 4 is 50.2 Å². The molecule has 11 heteroatoms. The zero-order valence-corrected chi connectivity index (χ0v) is 14.7. The standard InChI is InChI=1S/C13H12ClN3O5S2/c1-8(18)15-7-10-3-5-13(23-10)24(21,22)16-9-2-4-11(14)12(6-9)17(19)20/h2-6,16H,7H2,1H3,(H,15,18). The highest BCUT2D eigenvalue weighted by Crippen LogP contribution is 2.29. The van der Waals surface area contributed by atoms with Crippen LogP contribution >= 0.6 is 22.9 Å². The third-order valence-electron chi connectivity index (χ3n) is 2.81. The maximum atomic E-state index is 12.3. The number of nitrogens with zero attached hydrogens (tertiary/aromatic N) is 1. The average molecular weight is 390 g/mol. The third kappa shape index (κ3) is 4.43. The van der Waals surface area contributed by atoms with Gasteiger partial charge in [-0.05, 0) is 24.3 Å². The molecule has 1 heterocycles. The number of benzene rings is 1. The summed E-state index contributed by atoms with van der Waals surface area (Å²) in [5, 5.41) is 13.3. The summed E-state index contributed by atoms with van der Waals surface area (Å²) in [4.78, 5) is 21.7. The van der Waals surface area contributed by atoms with Gasteiger partial charge in [0, 0.05) is 17.9 Å². The molecule has 1 aromatic heterocycles. The van der Waals surface area contributed by atoms with Crippen LogP contribution in [0.5, 0.6) is 0 Å². The Morgan fingerprint density at radius 3 is 2.67 bits per heavy atom. The number of nitrogens with one attached hydrogen (secondary N) is 2. The van der Waals surface area contributed by atoms with Crippen LogP contribution in [0.15, 0.2) is 34.5 Å². The van der Waals surface area contributed by atoms with Gasteiger partial charge in [-0.3, -0.25) is 19.6 Å². The van der Waals surface area contributed by atoms with Crippen LogP contribution in [0, 0.1) is 10.1 Å². The fourth-order valence-corrected chi connectivity index (χ4v) is 4.26. The van der Waals surface area contributed by atoms with Gasteiger partial charge >= 0.3 is 0 Å². The Hall–Kier alpha value is -2.17.